The zero-order valence-corrected chi connectivity index (χ0v) is 11.7. The Morgan fingerprint density at radius 3 is 2.53 bits per heavy atom. The molecule has 0 bridgehead atoms. The highest BCUT2D eigenvalue weighted by atomic mass is 15.1. The molecule has 0 saturated carbocycles. The number of likely N-dealkylation sites (N-methyl/N-ethyl adjacent to an activating group) is 1. The van der Waals surface area contributed by atoms with Gasteiger partial charge >= 0.3 is 0 Å². The molecule has 1 aromatic rings. The Bertz CT molecular complexity index is 324. The molecule has 0 aliphatic rings. The smallest absolute Gasteiger partial charge is 0.0372 e. The molecule has 0 unspecified atom stereocenters. The minimum atomic E-state index is 0.201. The third-order valence-corrected chi connectivity index (χ3v) is 2.57. The molecule has 0 spiro atoms. The Balaban J connectivity index is 2.30. The summed E-state index contributed by atoms with van der Waals surface area (Å²) in [5.74, 6) is 0. The topological polar surface area (TPSA) is 28.2 Å². The highest BCUT2D eigenvalue weighted by Crippen LogP contribution is 2.03. The highest BCUT2D eigenvalue weighted by molar-refractivity contribution is 5.12. The summed E-state index contributed by atoms with van der Waals surface area (Å²) in [4.78, 5) is 6.62. The average molecular weight is 235 g/mol. The van der Waals surface area contributed by atoms with Crippen LogP contribution in [-0.2, 0) is 6.54 Å². The number of hydrogen-bond donors (Lipinski definition) is 1. The molecule has 0 fully saturated rings. The number of pyridine rings is 1. The Labute approximate surface area is 105 Å². The minimum absolute atomic E-state index is 0.201. The summed E-state index contributed by atoms with van der Waals surface area (Å²) in [6.07, 6.45) is 1.96. The maximum atomic E-state index is 4.31. The van der Waals surface area contributed by atoms with Crippen LogP contribution in [0.4, 0.5) is 0 Å². The molecular formula is C14H25N3. The van der Waals surface area contributed by atoms with E-state index in [9.17, 15) is 0 Å². The first-order valence-corrected chi connectivity index (χ1v) is 6.22. The van der Waals surface area contributed by atoms with E-state index in [-0.39, 0.29) is 5.54 Å². The number of aryl methyl sites for hydroxylation is 1. The van der Waals surface area contributed by atoms with Crippen molar-refractivity contribution in [2.24, 2.45) is 0 Å². The molecule has 0 aliphatic carbocycles. The van der Waals surface area contributed by atoms with Crippen molar-refractivity contribution < 1.29 is 0 Å². The predicted molar refractivity (Wildman–Crippen MR) is 73.1 cm³/mol. The van der Waals surface area contributed by atoms with Gasteiger partial charge in [0, 0.05) is 37.1 Å². The third kappa shape index (κ3) is 6.39. The zero-order chi connectivity index (χ0) is 12.9. The van der Waals surface area contributed by atoms with E-state index in [1.165, 1.54) is 5.56 Å². The summed E-state index contributed by atoms with van der Waals surface area (Å²) in [6, 6.07) is 4.21. The Hall–Kier alpha value is -0.930. The van der Waals surface area contributed by atoms with Crippen molar-refractivity contribution in [1.82, 2.24) is 15.2 Å². The van der Waals surface area contributed by atoms with Gasteiger partial charge in [0.25, 0.3) is 0 Å². The molecule has 0 atom stereocenters. The fourth-order valence-electron chi connectivity index (χ4n) is 1.60. The molecule has 96 valence electrons. The maximum absolute atomic E-state index is 4.31. The van der Waals surface area contributed by atoms with Gasteiger partial charge in [0.1, 0.15) is 0 Å². The molecule has 0 radical (unpaired) electrons. The highest BCUT2D eigenvalue weighted by Gasteiger charge is 2.08. The van der Waals surface area contributed by atoms with Crippen LogP contribution in [0.3, 0.4) is 0 Å². The first-order chi connectivity index (χ1) is 7.87. The summed E-state index contributed by atoms with van der Waals surface area (Å²) < 4.78 is 0. The molecule has 0 aliphatic heterocycles. The summed E-state index contributed by atoms with van der Waals surface area (Å²) >= 11 is 0. The van der Waals surface area contributed by atoms with Crippen molar-refractivity contribution in [2.75, 3.05) is 20.1 Å². The monoisotopic (exact) mass is 235 g/mol. The van der Waals surface area contributed by atoms with Gasteiger partial charge in [-0.25, -0.2) is 0 Å². The van der Waals surface area contributed by atoms with E-state index in [0.717, 1.165) is 25.3 Å². The van der Waals surface area contributed by atoms with Crippen molar-refractivity contribution in [3.63, 3.8) is 0 Å². The molecule has 0 aromatic carbocycles. The van der Waals surface area contributed by atoms with Gasteiger partial charge in [-0.15, -0.1) is 0 Å². The van der Waals surface area contributed by atoms with E-state index in [1.807, 2.05) is 13.1 Å². The lowest BCUT2D eigenvalue weighted by molar-refractivity contribution is 0.303. The molecule has 1 N–H and O–H groups in total. The van der Waals surface area contributed by atoms with Gasteiger partial charge in [-0.05, 0) is 46.4 Å². The second-order valence-electron chi connectivity index (χ2n) is 5.72. The number of nitrogens with one attached hydrogen (secondary N) is 1. The van der Waals surface area contributed by atoms with Crippen LogP contribution in [0, 0.1) is 6.92 Å². The van der Waals surface area contributed by atoms with Gasteiger partial charge < -0.3 is 10.2 Å². The standard InChI is InChI=1S/C14H25N3/c1-12-6-7-13(10-15-12)11-17(5)9-8-16-14(2,3)4/h6-7,10,16H,8-9,11H2,1-5H3. The summed E-state index contributed by atoms with van der Waals surface area (Å²) in [6.45, 7) is 11.6. The summed E-state index contributed by atoms with van der Waals surface area (Å²) in [5.41, 5.74) is 2.55. The Morgan fingerprint density at radius 1 is 1.29 bits per heavy atom. The van der Waals surface area contributed by atoms with Crippen molar-refractivity contribution in [3.8, 4) is 0 Å². The van der Waals surface area contributed by atoms with E-state index in [4.69, 9.17) is 0 Å². The van der Waals surface area contributed by atoms with Crippen LogP contribution in [0.25, 0.3) is 0 Å². The van der Waals surface area contributed by atoms with Crippen LogP contribution in [-0.4, -0.2) is 35.6 Å². The molecule has 1 rings (SSSR count). The lowest BCUT2D eigenvalue weighted by atomic mass is 10.1. The number of nitrogens with zero attached hydrogens (tertiary/aromatic N) is 2. The summed E-state index contributed by atoms with van der Waals surface area (Å²) in [5, 5.41) is 3.49. The fraction of sp³-hybridized carbons (Fsp3) is 0.643. The molecule has 1 heterocycles. The SMILES string of the molecule is Cc1ccc(CN(C)CCNC(C)(C)C)cn1. The Kier molecular flexibility index (Phi) is 5.09. The normalized spacial score (nSPS) is 12.1. The second kappa shape index (κ2) is 6.12. The van der Waals surface area contributed by atoms with Crippen molar-refractivity contribution in [1.29, 1.82) is 0 Å². The van der Waals surface area contributed by atoms with Crippen LogP contribution < -0.4 is 5.32 Å². The van der Waals surface area contributed by atoms with Crippen LogP contribution in [0.15, 0.2) is 18.3 Å². The van der Waals surface area contributed by atoms with E-state index in [2.05, 4.69) is 55.2 Å². The first-order valence-electron chi connectivity index (χ1n) is 6.22. The van der Waals surface area contributed by atoms with E-state index < -0.39 is 0 Å². The maximum Gasteiger partial charge on any atom is 0.0372 e. The quantitative estimate of drug-likeness (QED) is 0.848. The van der Waals surface area contributed by atoms with Gasteiger partial charge in [0.05, 0.1) is 0 Å². The van der Waals surface area contributed by atoms with Crippen LogP contribution in [0.2, 0.25) is 0 Å². The second-order valence-corrected chi connectivity index (χ2v) is 5.72. The fourth-order valence-corrected chi connectivity index (χ4v) is 1.60. The average Bonchev–Trinajstić information content (AvgIpc) is 2.19. The molecule has 17 heavy (non-hydrogen) atoms. The number of hydrogen-bond acceptors (Lipinski definition) is 3. The first kappa shape index (κ1) is 14.1. The number of aromatic nitrogens is 1. The van der Waals surface area contributed by atoms with E-state index in [1.54, 1.807) is 0 Å². The molecule has 3 nitrogen and oxygen atoms in total. The van der Waals surface area contributed by atoms with E-state index >= 15 is 0 Å². The van der Waals surface area contributed by atoms with Crippen molar-refractivity contribution >= 4 is 0 Å². The third-order valence-electron chi connectivity index (χ3n) is 2.57. The van der Waals surface area contributed by atoms with Gasteiger partial charge in [0.15, 0.2) is 0 Å². The predicted octanol–water partition coefficient (Wildman–Crippen LogP) is 2.21. The molecule has 1 aromatic heterocycles. The largest absolute Gasteiger partial charge is 0.311 e. The minimum Gasteiger partial charge on any atom is -0.311 e. The van der Waals surface area contributed by atoms with Crippen molar-refractivity contribution in [3.05, 3.63) is 29.6 Å². The molecule has 0 amide bonds. The van der Waals surface area contributed by atoms with Crippen molar-refractivity contribution in [2.45, 2.75) is 39.8 Å². The van der Waals surface area contributed by atoms with Crippen LogP contribution >= 0.6 is 0 Å². The van der Waals surface area contributed by atoms with Gasteiger partial charge in [-0.2, -0.15) is 0 Å². The number of rotatable bonds is 5. The van der Waals surface area contributed by atoms with Crippen LogP contribution in [0.5, 0.6) is 0 Å². The van der Waals surface area contributed by atoms with Gasteiger partial charge in [-0.3, -0.25) is 4.98 Å². The lowest BCUT2D eigenvalue weighted by Gasteiger charge is -2.23. The Morgan fingerprint density at radius 2 is 2.00 bits per heavy atom. The molecule has 3 heteroatoms. The lowest BCUT2D eigenvalue weighted by Crippen LogP contribution is -2.40. The zero-order valence-electron chi connectivity index (χ0n) is 11.7. The van der Waals surface area contributed by atoms with Gasteiger partial charge in [0.2, 0.25) is 0 Å². The molecular weight excluding hydrogens is 210 g/mol. The molecule has 0 saturated heterocycles. The van der Waals surface area contributed by atoms with E-state index in [0.29, 0.717) is 0 Å². The van der Waals surface area contributed by atoms with Gasteiger partial charge in [-0.1, -0.05) is 6.07 Å². The summed E-state index contributed by atoms with van der Waals surface area (Å²) in [7, 11) is 2.14. The van der Waals surface area contributed by atoms with Crippen LogP contribution in [0.1, 0.15) is 32.0 Å².